The van der Waals surface area contributed by atoms with Gasteiger partial charge in [0.2, 0.25) is 0 Å². The van der Waals surface area contributed by atoms with E-state index in [1.54, 1.807) is 7.11 Å². The van der Waals surface area contributed by atoms with Crippen LogP contribution in [0.2, 0.25) is 0 Å². The van der Waals surface area contributed by atoms with Crippen LogP contribution >= 0.6 is 11.3 Å². The largest absolute Gasteiger partial charge is 1.00 e. The third-order valence-electron chi connectivity index (χ3n) is 3.94. The van der Waals surface area contributed by atoms with Crippen LogP contribution in [-0.4, -0.2) is 40.6 Å². The van der Waals surface area contributed by atoms with Crippen LogP contribution in [0, 0.1) is 13.8 Å². The van der Waals surface area contributed by atoms with Gasteiger partial charge in [0, 0.05) is 29.3 Å². The Morgan fingerprint density at radius 3 is 2.54 bits per heavy atom. The molecule has 7 nitrogen and oxygen atoms in total. The Labute approximate surface area is 173 Å². The van der Waals surface area contributed by atoms with Gasteiger partial charge in [0.15, 0.2) is 11.2 Å². The van der Waals surface area contributed by atoms with Crippen molar-refractivity contribution in [3.8, 4) is 22.5 Å². The lowest BCUT2D eigenvalue weighted by Crippen LogP contribution is -3.00. The van der Waals surface area contributed by atoms with Crippen LogP contribution in [0.4, 0.5) is 5.13 Å². The number of carbonyl (C=O) groups excluding carboxylic acids is 1. The monoisotopic (exact) mass is 419 g/mol. The van der Waals surface area contributed by atoms with Gasteiger partial charge in [0.05, 0.1) is 18.0 Å². The quantitative estimate of drug-likeness (QED) is 0.513. The Bertz CT molecular complexity index is 943. The summed E-state index contributed by atoms with van der Waals surface area (Å²) in [4.78, 5) is 25.0. The van der Waals surface area contributed by atoms with E-state index in [0.29, 0.717) is 5.13 Å². The molecule has 148 valence electrons. The van der Waals surface area contributed by atoms with E-state index in [1.165, 1.54) is 11.3 Å². The molecule has 28 heavy (non-hydrogen) atoms. The smallest absolute Gasteiger partial charge is 0.333 e. The Hall–Kier alpha value is -2.39. The molecular formula is C19H22ClN5O2S. The average Bonchev–Trinajstić information content (AvgIpc) is 3.09. The number of nitrogens with one attached hydrogen (secondary N) is 1. The summed E-state index contributed by atoms with van der Waals surface area (Å²) in [5.41, 5.74) is 8.11. The zero-order valence-corrected chi connectivity index (χ0v) is 17.5. The summed E-state index contributed by atoms with van der Waals surface area (Å²) in [6.07, 6.45) is 0. The highest BCUT2D eigenvalue weighted by atomic mass is 35.5. The predicted octanol–water partition coefficient (Wildman–Crippen LogP) is -0.917. The number of hydrogen-bond donors (Lipinski definition) is 2. The number of rotatable bonds is 7. The maximum absolute atomic E-state index is 11.6. The third-order valence-corrected chi connectivity index (χ3v) is 4.72. The van der Waals surface area contributed by atoms with Gasteiger partial charge in [-0.05, 0) is 26.0 Å². The maximum atomic E-state index is 11.6. The van der Waals surface area contributed by atoms with Crippen molar-refractivity contribution in [1.82, 2.24) is 15.0 Å². The minimum absolute atomic E-state index is 0. The second-order valence-corrected chi connectivity index (χ2v) is 7.04. The Morgan fingerprint density at radius 1 is 1.18 bits per heavy atom. The van der Waals surface area contributed by atoms with Gasteiger partial charge in [0.25, 0.3) is 0 Å². The van der Waals surface area contributed by atoms with Gasteiger partial charge >= 0.3 is 5.91 Å². The van der Waals surface area contributed by atoms with Gasteiger partial charge < -0.3 is 22.5 Å². The zero-order valence-electron chi connectivity index (χ0n) is 15.9. The second kappa shape index (κ2) is 9.70. The Kier molecular flexibility index (Phi) is 7.59. The van der Waals surface area contributed by atoms with Crippen LogP contribution < -0.4 is 23.5 Å². The molecule has 2 heterocycles. The van der Waals surface area contributed by atoms with Crippen molar-refractivity contribution in [3.63, 3.8) is 0 Å². The molecule has 3 aromatic rings. The molecule has 0 radical (unpaired) electrons. The van der Waals surface area contributed by atoms with Crippen LogP contribution in [0.5, 0.6) is 0 Å². The zero-order chi connectivity index (χ0) is 19.4. The van der Waals surface area contributed by atoms with Crippen molar-refractivity contribution in [3.05, 3.63) is 47.2 Å². The summed E-state index contributed by atoms with van der Waals surface area (Å²) in [6, 6.07) is 9.52. The number of quaternary nitrogens is 1. The molecule has 0 aliphatic rings. The van der Waals surface area contributed by atoms with Crippen LogP contribution in [0.25, 0.3) is 22.5 Å². The number of methoxy groups -OCH3 is 1. The first-order chi connectivity index (χ1) is 13.0. The fourth-order valence-electron chi connectivity index (χ4n) is 2.71. The standard InChI is InChI=1S/C19H21N5O2S.ClH/c1-11-7-15(22-12(2)21-11)13-5-4-6-14(8-13)17-10-27-19(24-17)23-16(9-26-3)18(20)25;/h4-8,10,16H,9H2,1-3H3,(H2,20,25)(H,23,24);1H/t16-;/m0./s1. The number of amides is 1. The molecule has 0 saturated carbocycles. The number of hydrogen-bond acceptors (Lipinski definition) is 7. The van der Waals surface area contributed by atoms with E-state index in [1.807, 2.05) is 43.5 Å². The van der Waals surface area contributed by atoms with E-state index in [4.69, 9.17) is 4.74 Å². The number of ether oxygens (including phenoxy) is 1. The van der Waals surface area contributed by atoms with Crippen molar-refractivity contribution in [2.24, 2.45) is 0 Å². The number of nitrogens with zero attached hydrogens (tertiary/aromatic N) is 3. The van der Waals surface area contributed by atoms with E-state index < -0.39 is 6.04 Å². The number of anilines is 1. The lowest BCUT2D eigenvalue weighted by molar-refractivity contribution is -0.307. The van der Waals surface area contributed by atoms with E-state index in [0.717, 1.165) is 34.0 Å². The first kappa shape index (κ1) is 21.9. The third kappa shape index (κ3) is 5.32. The molecule has 4 N–H and O–H groups in total. The van der Waals surface area contributed by atoms with Crippen LogP contribution in [0.15, 0.2) is 35.7 Å². The van der Waals surface area contributed by atoms with Gasteiger partial charge in [-0.15, -0.1) is 11.3 Å². The van der Waals surface area contributed by atoms with E-state index >= 15 is 0 Å². The van der Waals surface area contributed by atoms with Gasteiger partial charge in [-0.25, -0.2) is 19.7 Å². The van der Waals surface area contributed by atoms with E-state index in [-0.39, 0.29) is 24.9 Å². The molecule has 0 saturated heterocycles. The molecule has 0 aliphatic heterocycles. The van der Waals surface area contributed by atoms with E-state index in [2.05, 4.69) is 32.1 Å². The molecular weight excluding hydrogens is 398 g/mol. The summed E-state index contributed by atoms with van der Waals surface area (Å²) < 4.78 is 5.05. The minimum Gasteiger partial charge on any atom is -1.00 e. The van der Waals surface area contributed by atoms with Gasteiger partial charge in [-0.2, -0.15) is 0 Å². The first-order valence-corrected chi connectivity index (χ1v) is 9.34. The van der Waals surface area contributed by atoms with Crippen molar-refractivity contribution < 1.29 is 27.7 Å². The molecule has 3 rings (SSSR count). The summed E-state index contributed by atoms with van der Waals surface area (Å²) in [7, 11) is 1.55. The highest BCUT2D eigenvalue weighted by Gasteiger charge is 2.19. The molecule has 0 bridgehead atoms. The summed E-state index contributed by atoms with van der Waals surface area (Å²) in [5, 5.41) is 5.69. The predicted molar refractivity (Wildman–Crippen MR) is 105 cm³/mol. The summed E-state index contributed by atoms with van der Waals surface area (Å²) in [6.45, 7) is 4.10. The van der Waals surface area contributed by atoms with Crippen LogP contribution in [0.3, 0.4) is 0 Å². The highest BCUT2D eigenvalue weighted by molar-refractivity contribution is 7.14. The molecule has 0 aliphatic carbocycles. The van der Waals surface area contributed by atoms with Crippen molar-refractivity contribution >= 4 is 22.4 Å². The van der Waals surface area contributed by atoms with Gasteiger partial charge in [-0.1, -0.05) is 18.2 Å². The molecule has 0 spiro atoms. The number of thiazole rings is 1. The number of aromatic nitrogens is 3. The molecule has 0 fully saturated rings. The summed E-state index contributed by atoms with van der Waals surface area (Å²) in [5.74, 6) is 0.516. The Morgan fingerprint density at radius 2 is 1.89 bits per heavy atom. The number of aryl methyl sites for hydroxylation is 2. The van der Waals surface area contributed by atoms with Gasteiger partial charge in [-0.3, -0.25) is 5.73 Å². The fraction of sp³-hybridized carbons (Fsp3) is 0.263. The lowest BCUT2D eigenvalue weighted by Gasteiger charge is -2.10. The Balaban J connectivity index is 0.00000280. The van der Waals surface area contributed by atoms with Crippen LogP contribution in [0.1, 0.15) is 11.5 Å². The highest BCUT2D eigenvalue weighted by Crippen LogP contribution is 2.28. The normalized spacial score (nSPS) is 11.6. The van der Waals surface area contributed by atoms with Crippen LogP contribution in [-0.2, 0) is 9.53 Å². The number of halogens is 1. The van der Waals surface area contributed by atoms with E-state index in [9.17, 15) is 4.79 Å². The van der Waals surface area contributed by atoms with Crippen molar-refractivity contribution in [1.29, 1.82) is 0 Å². The van der Waals surface area contributed by atoms with Crippen molar-refractivity contribution in [2.75, 3.05) is 19.0 Å². The molecule has 1 aromatic carbocycles. The first-order valence-electron chi connectivity index (χ1n) is 8.46. The lowest BCUT2D eigenvalue weighted by atomic mass is 10.1. The molecule has 1 amide bonds. The van der Waals surface area contributed by atoms with Gasteiger partial charge in [0.1, 0.15) is 5.82 Å². The second-order valence-electron chi connectivity index (χ2n) is 6.18. The number of benzene rings is 1. The molecule has 1 atom stereocenters. The minimum atomic E-state index is -0.507. The molecule has 0 unspecified atom stereocenters. The fourth-order valence-corrected chi connectivity index (χ4v) is 3.48. The van der Waals surface area contributed by atoms with Crippen molar-refractivity contribution in [2.45, 2.75) is 19.9 Å². The number of carbonyl (C=O) groups is 1. The molecule has 2 aromatic heterocycles. The topological polar surface area (TPSA) is 105 Å². The SMILES string of the molecule is COC[C@H](Nc1nc(-c2cccc(-c3cc(C)nc(C)n3)c2)cs1)C([NH3+])=O.[Cl-]. The molecule has 9 heteroatoms. The maximum Gasteiger partial charge on any atom is 0.333 e. The average molecular weight is 420 g/mol. The summed E-state index contributed by atoms with van der Waals surface area (Å²) >= 11 is 1.44.